The Balaban J connectivity index is 1.65. The standard InChI is InChI=1S/C19H22N4O/c1-21-14-17(16-8-2-3-9-18(16)21)19(24)23-12-5-4-7-15(23)13-22-11-6-10-20-22/h2-3,6,8-11,14-15H,4-5,7,12-13H2,1H3/t15-/m0/s1. The molecule has 0 bridgehead atoms. The minimum absolute atomic E-state index is 0.142. The number of piperidine rings is 1. The van der Waals surface area contributed by atoms with Gasteiger partial charge in [-0.15, -0.1) is 0 Å². The number of carbonyl (C=O) groups is 1. The predicted molar refractivity (Wildman–Crippen MR) is 93.8 cm³/mol. The molecule has 24 heavy (non-hydrogen) atoms. The molecule has 5 nitrogen and oxygen atoms in total. The van der Waals surface area contributed by atoms with Gasteiger partial charge in [0.15, 0.2) is 0 Å². The van der Waals surface area contributed by atoms with Gasteiger partial charge in [0.05, 0.1) is 18.2 Å². The first-order chi connectivity index (χ1) is 11.7. The second-order valence-electron chi connectivity index (χ2n) is 6.55. The summed E-state index contributed by atoms with van der Waals surface area (Å²) in [4.78, 5) is 15.3. The van der Waals surface area contributed by atoms with E-state index in [-0.39, 0.29) is 11.9 Å². The molecule has 4 rings (SSSR count). The fourth-order valence-corrected chi connectivity index (χ4v) is 3.75. The van der Waals surface area contributed by atoms with Gasteiger partial charge >= 0.3 is 0 Å². The third-order valence-electron chi connectivity index (χ3n) is 4.97. The van der Waals surface area contributed by atoms with Gasteiger partial charge in [-0.05, 0) is 31.4 Å². The monoisotopic (exact) mass is 322 g/mol. The first-order valence-corrected chi connectivity index (χ1v) is 8.56. The molecule has 1 amide bonds. The average Bonchev–Trinajstić information content (AvgIpc) is 3.23. The highest BCUT2D eigenvalue weighted by Gasteiger charge is 2.29. The SMILES string of the molecule is Cn1cc(C(=O)N2CCCC[C@H]2Cn2cccn2)c2ccccc21. The maximum Gasteiger partial charge on any atom is 0.256 e. The van der Waals surface area contributed by atoms with Crippen LogP contribution in [0.25, 0.3) is 10.9 Å². The summed E-state index contributed by atoms with van der Waals surface area (Å²) in [6.45, 7) is 1.59. The number of nitrogens with zero attached hydrogens (tertiary/aromatic N) is 4. The molecule has 0 N–H and O–H groups in total. The minimum Gasteiger partial charge on any atom is -0.350 e. The molecule has 124 valence electrons. The lowest BCUT2D eigenvalue weighted by molar-refractivity contribution is 0.0585. The molecule has 5 heteroatoms. The highest BCUT2D eigenvalue weighted by Crippen LogP contribution is 2.26. The predicted octanol–water partition coefficient (Wildman–Crippen LogP) is 3.07. The number of carbonyl (C=O) groups excluding carboxylic acids is 1. The van der Waals surface area contributed by atoms with Crippen molar-refractivity contribution < 1.29 is 4.79 Å². The van der Waals surface area contributed by atoms with E-state index in [0.29, 0.717) is 0 Å². The molecule has 1 aromatic carbocycles. The van der Waals surface area contributed by atoms with Crippen molar-refractivity contribution in [2.24, 2.45) is 7.05 Å². The van der Waals surface area contributed by atoms with Crippen molar-refractivity contribution in [2.75, 3.05) is 6.54 Å². The number of benzene rings is 1. The molecule has 2 aromatic heterocycles. The molecule has 1 aliphatic heterocycles. The number of rotatable bonds is 3. The van der Waals surface area contributed by atoms with E-state index >= 15 is 0 Å². The number of aromatic nitrogens is 3. The van der Waals surface area contributed by atoms with Crippen molar-refractivity contribution >= 4 is 16.8 Å². The molecular weight excluding hydrogens is 300 g/mol. The summed E-state index contributed by atoms with van der Waals surface area (Å²) >= 11 is 0. The lowest BCUT2D eigenvalue weighted by Crippen LogP contribution is -2.45. The Morgan fingerprint density at radius 2 is 2.12 bits per heavy atom. The van der Waals surface area contributed by atoms with Gasteiger partial charge in [0, 0.05) is 43.1 Å². The van der Waals surface area contributed by atoms with Gasteiger partial charge in [0.2, 0.25) is 0 Å². The van der Waals surface area contributed by atoms with Gasteiger partial charge in [-0.3, -0.25) is 9.48 Å². The fourth-order valence-electron chi connectivity index (χ4n) is 3.75. The van der Waals surface area contributed by atoms with E-state index < -0.39 is 0 Å². The van der Waals surface area contributed by atoms with Gasteiger partial charge in [-0.2, -0.15) is 5.10 Å². The van der Waals surface area contributed by atoms with E-state index in [1.807, 2.05) is 57.9 Å². The molecule has 1 fully saturated rings. The van der Waals surface area contributed by atoms with Crippen molar-refractivity contribution in [1.29, 1.82) is 0 Å². The van der Waals surface area contributed by atoms with Crippen molar-refractivity contribution in [1.82, 2.24) is 19.2 Å². The third kappa shape index (κ3) is 2.60. The summed E-state index contributed by atoms with van der Waals surface area (Å²) in [6.07, 6.45) is 9.01. The summed E-state index contributed by atoms with van der Waals surface area (Å²) in [5.41, 5.74) is 1.90. The summed E-state index contributed by atoms with van der Waals surface area (Å²) in [6, 6.07) is 10.2. The van der Waals surface area contributed by atoms with Crippen LogP contribution in [-0.4, -0.2) is 37.7 Å². The second kappa shape index (κ2) is 6.15. The molecule has 0 saturated carbocycles. The quantitative estimate of drug-likeness (QED) is 0.744. The number of amides is 1. The molecule has 3 heterocycles. The second-order valence-corrected chi connectivity index (χ2v) is 6.55. The molecule has 1 atom stereocenters. The summed E-state index contributed by atoms with van der Waals surface area (Å²) in [5.74, 6) is 0.142. The lowest BCUT2D eigenvalue weighted by Gasteiger charge is -2.35. The van der Waals surface area contributed by atoms with Crippen LogP contribution in [0.5, 0.6) is 0 Å². The Labute approximate surface area is 141 Å². The van der Waals surface area contributed by atoms with Crippen LogP contribution in [0.15, 0.2) is 48.9 Å². The number of fused-ring (bicyclic) bond motifs is 1. The van der Waals surface area contributed by atoms with Gasteiger partial charge < -0.3 is 9.47 Å². The first kappa shape index (κ1) is 15.0. The van der Waals surface area contributed by atoms with Crippen molar-refractivity contribution in [3.8, 4) is 0 Å². The van der Waals surface area contributed by atoms with E-state index in [1.165, 1.54) is 6.42 Å². The molecular formula is C19H22N4O. The van der Waals surface area contributed by atoms with Gasteiger partial charge in [0.25, 0.3) is 5.91 Å². The summed E-state index contributed by atoms with van der Waals surface area (Å²) < 4.78 is 3.97. The number of para-hydroxylation sites is 1. The van der Waals surface area contributed by atoms with Crippen LogP contribution in [0.4, 0.5) is 0 Å². The van der Waals surface area contributed by atoms with E-state index in [0.717, 1.165) is 42.4 Å². The Hall–Kier alpha value is -2.56. The molecule has 0 aliphatic carbocycles. The lowest BCUT2D eigenvalue weighted by atomic mass is 10.0. The molecule has 0 radical (unpaired) electrons. The number of likely N-dealkylation sites (tertiary alicyclic amines) is 1. The van der Waals surface area contributed by atoms with Crippen LogP contribution >= 0.6 is 0 Å². The zero-order valence-corrected chi connectivity index (χ0v) is 13.9. The maximum absolute atomic E-state index is 13.2. The summed E-state index contributed by atoms with van der Waals surface area (Å²) in [7, 11) is 2.00. The molecule has 1 saturated heterocycles. The normalized spacial score (nSPS) is 18.2. The van der Waals surface area contributed by atoms with Gasteiger partial charge in [-0.1, -0.05) is 18.2 Å². The highest BCUT2D eigenvalue weighted by molar-refractivity contribution is 6.07. The molecule has 1 aliphatic rings. The number of hydrogen-bond donors (Lipinski definition) is 0. The van der Waals surface area contributed by atoms with Crippen LogP contribution in [0.3, 0.4) is 0 Å². The zero-order valence-electron chi connectivity index (χ0n) is 13.9. The van der Waals surface area contributed by atoms with Crippen LogP contribution < -0.4 is 0 Å². The van der Waals surface area contributed by atoms with E-state index in [9.17, 15) is 4.79 Å². The van der Waals surface area contributed by atoms with Gasteiger partial charge in [0.1, 0.15) is 0 Å². The van der Waals surface area contributed by atoms with E-state index in [1.54, 1.807) is 6.20 Å². The van der Waals surface area contributed by atoms with Crippen LogP contribution in [-0.2, 0) is 13.6 Å². The molecule has 0 spiro atoms. The zero-order chi connectivity index (χ0) is 16.5. The first-order valence-electron chi connectivity index (χ1n) is 8.56. The maximum atomic E-state index is 13.2. The van der Waals surface area contributed by atoms with Crippen molar-refractivity contribution in [2.45, 2.75) is 31.8 Å². The average molecular weight is 322 g/mol. The Morgan fingerprint density at radius 3 is 2.96 bits per heavy atom. The smallest absolute Gasteiger partial charge is 0.256 e. The van der Waals surface area contributed by atoms with Crippen LogP contribution in [0.2, 0.25) is 0 Å². The molecule has 3 aromatic rings. The number of hydrogen-bond acceptors (Lipinski definition) is 2. The van der Waals surface area contributed by atoms with Crippen LogP contribution in [0, 0.1) is 0 Å². The number of aryl methyl sites for hydroxylation is 1. The Kier molecular flexibility index (Phi) is 3.84. The van der Waals surface area contributed by atoms with Crippen LogP contribution in [0.1, 0.15) is 29.6 Å². The highest BCUT2D eigenvalue weighted by atomic mass is 16.2. The van der Waals surface area contributed by atoms with E-state index in [2.05, 4.69) is 11.2 Å². The third-order valence-corrected chi connectivity index (χ3v) is 4.97. The van der Waals surface area contributed by atoms with Crippen molar-refractivity contribution in [3.05, 3.63) is 54.5 Å². The van der Waals surface area contributed by atoms with Crippen molar-refractivity contribution in [3.63, 3.8) is 0 Å². The molecule has 0 unspecified atom stereocenters. The topological polar surface area (TPSA) is 43.1 Å². The minimum atomic E-state index is 0.142. The Morgan fingerprint density at radius 1 is 1.25 bits per heavy atom. The van der Waals surface area contributed by atoms with Gasteiger partial charge in [-0.25, -0.2) is 0 Å². The fraction of sp³-hybridized carbons (Fsp3) is 0.368. The summed E-state index contributed by atoms with van der Waals surface area (Å²) in [5, 5.41) is 5.34. The van der Waals surface area contributed by atoms with E-state index in [4.69, 9.17) is 0 Å². The Bertz CT molecular complexity index is 850. The largest absolute Gasteiger partial charge is 0.350 e.